The van der Waals surface area contributed by atoms with Crippen molar-refractivity contribution >= 4 is 29.2 Å². The number of anilines is 2. The average Bonchev–Trinajstić information content (AvgIpc) is 3.11. The third-order valence-corrected chi connectivity index (χ3v) is 5.42. The van der Waals surface area contributed by atoms with E-state index in [2.05, 4.69) is 5.32 Å². The summed E-state index contributed by atoms with van der Waals surface area (Å²) in [5, 5.41) is 2.80. The van der Waals surface area contributed by atoms with Crippen LogP contribution in [0.1, 0.15) is 37.0 Å². The van der Waals surface area contributed by atoms with E-state index in [0.717, 1.165) is 28.8 Å². The van der Waals surface area contributed by atoms with E-state index in [0.29, 0.717) is 5.69 Å². The van der Waals surface area contributed by atoms with Crippen molar-refractivity contribution in [2.75, 3.05) is 16.8 Å². The molecule has 0 unspecified atom stereocenters. The van der Waals surface area contributed by atoms with Gasteiger partial charge in [0.2, 0.25) is 5.91 Å². The number of nitrogens with zero attached hydrogens (tertiary/aromatic N) is 1. The zero-order chi connectivity index (χ0) is 21.8. The Labute approximate surface area is 177 Å². The molecule has 3 rings (SSSR count). The lowest BCUT2D eigenvalue weighted by Crippen LogP contribution is -2.33. The molecule has 1 aliphatic heterocycles. The molecule has 2 aromatic rings. The van der Waals surface area contributed by atoms with Crippen LogP contribution in [0.3, 0.4) is 0 Å². The number of carbonyl (C=O) groups is 3. The Bertz CT molecular complexity index is 969. The van der Waals surface area contributed by atoms with Gasteiger partial charge in [0, 0.05) is 24.3 Å². The number of para-hydroxylation sites is 1. The van der Waals surface area contributed by atoms with E-state index in [9.17, 15) is 14.4 Å². The maximum Gasteiger partial charge on any atom is 0.312 e. The molecule has 0 radical (unpaired) electrons. The normalized spacial score (nSPS) is 17.0. The summed E-state index contributed by atoms with van der Waals surface area (Å²) in [5.41, 5.74) is 4.62. The van der Waals surface area contributed by atoms with Gasteiger partial charge in [0.25, 0.3) is 5.91 Å². The lowest BCUT2D eigenvalue weighted by Gasteiger charge is -2.20. The highest BCUT2D eigenvalue weighted by Gasteiger charge is 2.37. The van der Waals surface area contributed by atoms with E-state index < -0.39 is 23.9 Å². The number of carbonyl (C=O) groups excluding carboxylic acids is 3. The molecule has 158 valence electrons. The van der Waals surface area contributed by atoms with Crippen molar-refractivity contribution in [1.82, 2.24) is 0 Å². The van der Waals surface area contributed by atoms with Gasteiger partial charge in [-0.05, 0) is 50.5 Å². The van der Waals surface area contributed by atoms with Crippen molar-refractivity contribution in [3.8, 4) is 0 Å². The average molecular weight is 408 g/mol. The molecule has 6 heteroatoms. The van der Waals surface area contributed by atoms with Crippen LogP contribution in [0.2, 0.25) is 0 Å². The molecule has 2 amide bonds. The van der Waals surface area contributed by atoms with Crippen LogP contribution in [-0.4, -0.2) is 30.4 Å². The molecule has 1 fully saturated rings. The fourth-order valence-electron chi connectivity index (χ4n) is 3.68. The molecule has 1 N–H and O–H groups in total. The molecule has 1 saturated heterocycles. The van der Waals surface area contributed by atoms with E-state index in [1.54, 1.807) is 4.90 Å². The molecule has 0 bridgehead atoms. The quantitative estimate of drug-likeness (QED) is 0.738. The highest BCUT2D eigenvalue weighted by molar-refractivity contribution is 6.01. The van der Waals surface area contributed by atoms with Gasteiger partial charge in [-0.3, -0.25) is 14.4 Å². The van der Waals surface area contributed by atoms with Gasteiger partial charge in [-0.1, -0.05) is 42.8 Å². The van der Waals surface area contributed by atoms with Crippen LogP contribution in [0.5, 0.6) is 0 Å². The smallest absolute Gasteiger partial charge is 0.312 e. The van der Waals surface area contributed by atoms with Gasteiger partial charge in [-0.25, -0.2) is 0 Å². The largest absolute Gasteiger partial charge is 0.452 e. The Morgan fingerprint density at radius 3 is 2.63 bits per heavy atom. The van der Waals surface area contributed by atoms with Crippen LogP contribution in [0.15, 0.2) is 42.5 Å². The van der Waals surface area contributed by atoms with Crippen LogP contribution in [0, 0.1) is 19.8 Å². The minimum atomic E-state index is -0.953. The van der Waals surface area contributed by atoms with Crippen LogP contribution in [0.25, 0.3) is 0 Å². The second-order valence-corrected chi connectivity index (χ2v) is 7.77. The van der Waals surface area contributed by atoms with E-state index in [1.165, 1.54) is 6.92 Å². The molecule has 0 spiro atoms. The predicted octanol–water partition coefficient (Wildman–Crippen LogP) is 3.79. The first-order chi connectivity index (χ1) is 14.3. The summed E-state index contributed by atoms with van der Waals surface area (Å²) in [4.78, 5) is 39.3. The molecule has 30 heavy (non-hydrogen) atoms. The summed E-state index contributed by atoms with van der Waals surface area (Å²) in [6.07, 6.45) is -0.0715. The van der Waals surface area contributed by atoms with Crippen LogP contribution in [0.4, 0.5) is 11.4 Å². The van der Waals surface area contributed by atoms with Crippen molar-refractivity contribution in [3.63, 3.8) is 0 Å². The Morgan fingerprint density at radius 2 is 1.93 bits per heavy atom. The highest BCUT2D eigenvalue weighted by atomic mass is 16.5. The zero-order valence-corrected chi connectivity index (χ0v) is 17.9. The molecule has 0 aliphatic carbocycles. The summed E-state index contributed by atoms with van der Waals surface area (Å²) in [6.45, 7) is 7.72. The van der Waals surface area contributed by atoms with Crippen LogP contribution >= 0.6 is 0 Å². The van der Waals surface area contributed by atoms with Crippen LogP contribution in [-0.2, 0) is 25.5 Å². The summed E-state index contributed by atoms with van der Waals surface area (Å²) in [7, 11) is 0. The number of nitrogens with one attached hydrogen (secondary N) is 1. The molecule has 2 atom stereocenters. The summed E-state index contributed by atoms with van der Waals surface area (Å²) in [5.74, 6) is -1.61. The van der Waals surface area contributed by atoms with Gasteiger partial charge in [-0.15, -0.1) is 0 Å². The fourth-order valence-corrected chi connectivity index (χ4v) is 3.68. The second-order valence-electron chi connectivity index (χ2n) is 7.77. The van der Waals surface area contributed by atoms with Gasteiger partial charge in [0.15, 0.2) is 6.10 Å². The molecule has 6 nitrogen and oxygen atoms in total. The number of esters is 1. The lowest BCUT2D eigenvalue weighted by molar-refractivity contribution is -0.157. The first kappa shape index (κ1) is 21.6. The molecule has 0 saturated carbocycles. The highest BCUT2D eigenvalue weighted by Crippen LogP contribution is 2.29. The molecular weight excluding hydrogens is 380 g/mol. The third-order valence-electron chi connectivity index (χ3n) is 5.42. The zero-order valence-electron chi connectivity index (χ0n) is 17.9. The molecule has 0 aromatic heterocycles. The minimum Gasteiger partial charge on any atom is -0.452 e. The number of hydrogen-bond acceptors (Lipinski definition) is 4. The number of benzene rings is 2. The molecule has 1 aliphatic rings. The topological polar surface area (TPSA) is 75.7 Å². The Hall–Kier alpha value is -3.15. The van der Waals surface area contributed by atoms with Gasteiger partial charge < -0.3 is 15.0 Å². The lowest BCUT2D eigenvalue weighted by atomic mass is 10.1. The first-order valence-corrected chi connectivity index (χ1v) is 10.3. The van der Waals surface area contributed by atoms with Crippen LogP contribution < -0.4 is 10.2 Å². The maximum absolute atomic E-state index is 12.6. The van der Waals surface area contributed by atoms with Gasteiger partial charge in [0.1, 0.15) is 0 Å². The number of amides is 2. The van der Waals surface area contributed by atoms with Crippen molar-refractivity contribution < 1.29 is 19.1 Å². The number of rotatable bonds is 6. The van der Waals surface area contributed by atoms with Crippen molar-refractivity contribution in [1.29, 1.82) is 0 Å². The van der Waals surface area contributed by atoms with Crippen molar-refractivity contribution in [2.24, 2.45) is 5.92 Å². The molecular formula is C24H28N2O4. The first-order valence-electron chi connectivity index (χ1n) is 10.3. The van der Waals surface area contributed by atoms with Crippen molar-refractivity contribution in [2.45, 2.75) is 46.6 Å². The van der Waals surface area contributed by atoms with Gasteiger partial charge in [-0.2, -0.15) is 0 Å². The predicted molar refractivity (Wildman–Crippen MR) is 116 cm³/mol. The summed E-state index contributed by atoms with van der Waals surface area (Å²) >= 11 is 0. The monoisotopic (exact) mass is 408 g/mol. The Morgan fingerprint density at radius 1 is 1.20 bits per heavy atom. The number of hydrogen-bond donors (Lipinski definition) is 1. The Kier molecular flexibility index (Phi) is 6.55. The molecule has 2 aromatic carbocycles. The Balaban J connectivity index is 1.61. The van der Waals surface area contributed by atoms with E-state index >= 15 is 0 Å². The third kappa shape index (κ3) is 4.70. The second kappa shape index (κ2) is 9.11. The summed E-state index contributed by atoms with van der Waals surface area (Å²) in [6, 6.07) is 13.4. The fraction of sp³-hybridized carbons (Fsp3) is 0.375. The van der Waals surface area contributed by atoms with Gasteiger partial charge in [0.05, 0.1) is 5.92 Å². The summed E-state index contributed by atoms with van der Waals surface area (Å²) < 4.78 is 5.39. The van der Waals surface area contributed by atoms with E-state index in [4.69, 9.17) is 4.74 Å². The standard InChI is InChI=1S/C24H28N2O4/c1-5-18-8-6-7-9-21(18)26-14-19(13-22(26)27)24(29)30-17(4)23(28)25-20-11-10-15(2)12-16(20)3/h6-12,17,19H,5,13-14H2,1-4H3,(H,25,28)/t17-,19-/m0/s1. The van der Waals surface area contributed by atoms with E-state index in [1.807, 2.05) is 63.2 Å². The van der Waals surface area contributed by atoms with E-state index in [-0.39, 0.29) is 18.9 Å². The van der Waals surface area contributed by atoms with Gasteiger partial charge >= 0.3 is 5.97 Å². The van der Waals surface area contributed by atoms with Crippen molar-refractivity contribution in [3.05, 3.63) is 59.2 Å². The minimum absolute atomic E-state index is 0.0856. The SMILES string of the molecule is CCc1ccccc1N1C[C@@H](C(=O)O[C@@H](C)C(=O)Nc2ccc(C)cc2C)CC1=O. The molecule has 1 heterocycles. The number of ether oxygens (including phenoxy) is 1. The maximum atomic E-state index is 12.6. The number of aryl methyl sites for hydroxylation is 3.